The van der Waals surface area contributed by atoms with Crippen molar-refractivity contribution in [3.05, 3.63) is 24.5 Å². The predicted octanol–water partition coefficient (Wildman–Crippen LogP) is 1.44. The largest absolute Gasteiger partial charge is 0.334 e. The predicted molar refractivity (Wildman–Crippen MR) is 69.4 cm³/mol. The van der Waals surface area contributed by atoms with Crippen molar-refractivity contribution < 1.29 is 4.79 Å². The summed E-state index contributed by atoms with van der Waals surface area (Å²) in [4.78, 5) is 18.2. The van der Waals surface area contributed by atoms with Crippen molar-refractivity contribution in [2.75, 3.05) is 18.4 Å². The van der Waals surface area contributed by atoms with Crippen LogP contribution in [-0.4, -0.2) is 41.1 Å². The number of nitrogens with zero attached hydrogens (tertiary/aromatic N) is 2. The highest BCUT2D eigenvalue weighted by Gasteiger charge is 2.34. The maximum atomic E-state index is 11.8. The third-order valence-electron chi connectivity index (χ3n) is 3.56. The Bertz CT molecular complexity index is 418. The van der Waals surface area contributed by atoms with Crippen LogP contribution < -0.4 is 10.6 Å². The summed E-state index contributed by atoms with van der Waals surface area (Å²) in [6.45, 7) is 2.11. The van der Waals surface area contributed by atoms with Gasteiger partial charge in [0.25, 0.3) is 0 Å². The van der Waals surface area contributed by atoms with Crippen LogP contribution in [0.5, 0.6) is 0 Å². The van der Waals surface area contributed by atoms with Crippen molar-refractivity contribution in [1.82, 2.24) is 15.2 Å². The molecule has 2 heterocycles. The first kappa shape index (κ1) is 11.5. The van der Waals surface area contributed by atoms with Crippen LogP contribution in [0.25, 0.3) is 0 Å². The van der Waals surface area contributed by atoms with Crippen LogP contribution in [0.15, 0.2) is 24.5 Å². The fraction of sp³-hybridized carbons (Fsp3) is 0.538. The number of carbonyl (C=O) groups is 1. The van der Waals surface area contributed by atoms with Gasteiger partial charge in [-0.15, -0.1) is 0 Å². The molecule has 1 aliphatic heterocycles. The second kappa shape index (κ2) is 4.94. The minimum absolute atomic E-state index is 0.121. The van der Waals surface area contributed by atoms with Gasteiger partial charge in [0.2, 0.25) is 0 Å². The zero-order chi connectivity index (χ0) is 12.4. The van der Waals surface area contributed by atoms with Crippen LogP contribution in [0.3, 0.4) is 0 Å². The van der Waals surface area contributed by atoms with Crippen LogP contribution >= 0.6 is 0 Å². The molecule has 96 valence electrons. The lowest BCUT2D eigenvalue weighted by molar-refractivity contribution is 0.247. The minimum Gasteiger partial charge on any atom is -0.334 e. The van der Waals surface area contributed by atoms with Crippen LogP contribution in [0.2, 0.25) is 0 Å². The molecule has 1 aromatic rings. The molecule has 1 atom stereocenters. The molecule has 0 spiro atoms. The van der Waals surface area contributed by atoms with E-state index >= 15 is 0 Å². The summed E-state index contributed by atoms with van der Waals surface area (Å²) < 4.78 is 0. The van der Waals surface area contributed by atoms with Gasteiger partial charge in [-0.2, -0.15) is 0 Å². The van der Waals surface area contributed by atoms with Crippen LogP contribution in [0, 0.1) is 0 Å². The van der Waals surface area contributed by atoms with Crippen LogP contribution in [-0.2, 0) is 0 Å². The van der Waals surface area contributed by atoms with Crippen molar-refractivity contribution in [3.8, 4) is 0 Å². The van der Waals surface area contributed by atoms with E-state index in [1.807, 2.05) is 0 Å². The maximum Gasteiger partial charge on any atom is 0.319 e. The molecule has 1 saturated heterocycles. The number of likely N-dealkylation sites (tertiary alicyclic amines) is 1. The molecule has 2 aliphatic rings. The molecule has 0 unspecified atom stereocenters. The highest BCUT2D eigenvalue weighted by atomic mass is 16.2. The number of anilines is 1. The number of nitrogens with one attached hydrogen (secondary N) is 2. The summed E-state index contributed by atoms with van der Waals surface area (Å²) in [5, 5.41) is 5.85. The molecule has 2 fully saturated rings. The Kier molecular flexibility index (Phi) is 3.15. The van der Waals surface area contributed by atoms with Crippen LogP contribution in [0.1, 0.15) is 19.3 Å². The molecular weight excluding hydrogens is 228 g/mol. The van der Waals surface area contributed by atoms with E-state index < -0.39 is 0 Å². The molecule has 1 aromatic heterocycles. The number of hydrogen-bond donors (Lipinski definition) is 2. The monoisotopic (exact) mass is 246 g/mol. The van der Waals surface area contributed by atoms with Gasteiger partial charge in [-0.3, -0.25) is 9.88 Å². The maximum absolute atomic E-state index is 11.8. The number of hydrogen-bond acceptors (Lipinski definition) is 3. The Hall–Kier alpha value is -1.62. The molecule has 18 heavy (non-hydrogen) atoms. The lowest BCUT2D eigenvalue weighted by Crippen LogP contribution is -2.40. The Morgan fingerprint density at radius 2 is 2.06 bits per heavy atom. The Morgan fingerprint density at radius 3 is 2.78 bits per heavy atom. The van der Waals surface area contributed by atoms with E-state index in [0.717, 1.165) is 31.2 Å². The van der Waals surface area contributed by atoms with Gasteiger partial charge in [0.05, 0.1) is 0 Å². The number of rotatable bonds is 3. The summed E-state index contributed by atoms with van der Waals surface area (Å²) in [6.07, 6.45) is 7.05. The first-order valence-corrected chi connectivity index (χ1v) is 6.53. The zero-order valence-corrected chi connectivity index (χ0v) is 10.3. The zero-order valence-electron chi connectivity index (χ0n) is 10.3. The Morgan fingerprint density at radius 1 is 1.28 bits per heavy atom. The second-order valence-corrected chi connectivity index (χ2v) is 5.05. The second-order valence-electron chi connectivity index (χ2n) is 5.05. The molecule has 0 bridgehead atoms. The number of carbonyl (C=O) groups excluding carboxylic acids is 1. The first-order valence-electron chi connectivity index (χ1n) is 6.53. The van der Waals surface area contributed by atoms with Gasteiger partial charge in [0.15, 0.2) is 0 Å². The number of aromatic nitrogens is 1. The molecule has 3 rings (SSSR count). The summed E-state index contributed by atoms with van der Waals surface area (Å²) >= 11 is 0. The van der Waals surface area contributed by atoms with E-state index in [-0.39, 0.29) is 12.1 Å². The van der Waals surface area contributed by atoms with Gasteiger partial charge in [0, 0.05) is 43.3 Å². The van der Waals surface area contributed by atoms with Gasteiger partial charge < -0.3 is 10.6 Å². The average molecular weight is 246 g/mol. The normalized spacial score (nSPS) is 23.9. The highest BCUT2D eigenvalue weighted by molar-refractivity contribution is 5.89. The number of pyridine rings is 1. The summed E-state index contributed by atoms with van der Waals surface area (Å²) in [6, 6.07) is 4.52. The number of urea groups is 1. The summed E-state index contributed by atoms with van der Waals surface area (Å²) in [5.74, 6) is 0. The number of amides is 2. The summed E-state index contributed by atoms with van der Waals surface area (Å²) in [5.41, 5.74) is 0.777. The third kappa shape index (κ3) is 2.79. The first-order chi connectivity index (χ1) is 8.81. The minimum atomic E-state index is -0.121. The smallest absolute Gasteiger partial charge is 0.319 e. The van der Waals surface area contributed by atoms with E-state index in [1.54, 1.807) is 24.5 Å². The summed E-state index contributed by atoms with van der Waals surface area (Å²) in [7, 11) is 0. The van der Waals surface area contributed by atoms with Crippen LogP contribution in [0.4, 0.5) is 10.5 Å². The highest BCUT2D eigenvalue weighted by Crippen LogP contribution is 2.29. The molecule has 1 aliphatic carbocycles. The van der Waals surface area contributed by atoms with Crippen molar-refractivity contribution in [3.63, 3.8) is 0 Å². The molecule has 0 radical (unpaired) electrons. The quantitative estimate of drug-likeness (QED) is 0.848. The van der Waals surface area contributed by atoms with E-state index in [2.05, 4.69) is 20.5 Å². The van der Waals surface area contributed by atoms with E-state index in [4.69, 9.17) is 0 Å². The molecule has 1 saturated carbocycles. The molecule has 5 heteroatoms. The van der Waals surface area contributed by atoms with Gasteiger partial charge >= 0.3 is 6.03 Å². The lowest BCUT2D eigenvalue weighted by Gasteiger charge is -2.16. The standard InChI is InChI=1S/C13H18N4O/c18-13(15-10-3-6-14-7-4-10)16-11-5-8-17(9-11)12-1-2-12/h3-4,6-7,11-12H,1-2,5,8-9H2,(H2,14,15,16,18)/t11-/m0/s1. The van der Waals surface area contributed by atoms with Crippen molar-refractivity contribution in [2.45, 2.75) is 31.3 Å². The molecular formula is C13H18N4O. The topological polar surface area (TPSA) is 57.3 Å². The van der Waals surface area contributed by atoms with Gasteiger partial charge in [-0.25, -0.2) is 4.79 Å². The van der Waals surface area contributed by atoms with Crippen molar-refractivity contribution in [1.29, 1.82) is 0 Å². The van der Waals surface area contributed by atoms with E-state index in [0.29, 0.717) is 0 Å². The Balaban J connectivity index is 1.46. The van der Waals surface area contributed by atoms with E-state index in [9.17, 15) is 4.79 Å². The van der Waals surface area contributed by atoms with Gasteiger partial charge in [0.1, 0.15) is 0 Å². The van der Waals surface area contributed by atoms with Crippen molar-refractivity contribution in [2.24, 2.45) is 0 Å². The lowest BCUT2D eigenvalue weighted by atomic mass is 10.3. The molecule has 2 amide bonds. The van der Waals surface area contributed by atoms with Crippen molar-refractivity contribution >= 4 is 11.7 Å². The van der Waals surface area contributed by atoms with E-state index in [1.165, 1.54) is 12.8 Å². The van der Waals surface area contributed by atoms with Gasteiger partial charge in [-0.05, 0) is 31.4 Å². The average Bonchev–Trinajstić information content (AvgIpc) is 3.12. The van der Waals surface area contributed by atoms with Gasteiger partial charge in [-0.1, -0.05) is 0 Å². The Labute approximate surface area is 107 Å². The molecule has 5 nitrogen and oxygen atoms in total. The third-order valence-corrected chi connectivity index (χ3v) is 3.56. The fourth-order valence-corrected chi connectivity index (χ4v) is 2.46. The molecule has 0 aromatic carbocycles. The molecule has 2 N–H and O–H groups in total. The fourth-order valence-electron chi connectivity index (χ4n) is 2.46. The SMILES string of the molecule is O=C(Nc1ccncc1)N[C@H]1CCN(C2CC2)C1.